The molecule has 0 aliphatic carbocycles. The molecule has 28 heavy (non-hydrogen) atoms. The molecular formula is C21H23NO6. The summed E-state index contributed by atoms with van der Waals surface area (Å²) in [5.74, 6) is 0. The highest BCUT2D eigenvalue weighted by Gasteiger charge is 2.49. The Balaban J connectivity index is 1.45. The first kappa shape index (κ1) is 18.9. The highest BCUT2D eigenvalue weighted by atomic mass is 16.7. The minimum Gasteiger partial charge on any atom is -0.445 e. The summed E-state index contributed by atoms with van der Waals surface area (Å²) in [4.78, 5) is 14.0. The van der Waals surface area contributed by atoms with E-state index < -0.39 is 36.7 Å². The standard InChI is InChI=1S/C21H23NO6/c23-17-11-22(21(25)27-12-14-7-3-1-4-8-14)16-13-26-20(28-19(16)18(17)24)15-9-5-2-6-10-15/h1-10,16-20,23-24H,11-13H2/t16-,17+,18-,19-,20+/m1/s1. The number of hydrogen-bond donors (Lipinski definition) is 2. The van der Waals surface area contributed by atoms with Crippen LogP contribution in [-0.2, 0) is 20.8 Å². The predicted molar refractivity (Wildman–Crippen MR) is 99.1 cm³/mol. The number of rotatable bonds is 3. The summed E-state index contributed by atoms with van der Waals surface area (Å²) in [5, 5.41) is 20.7. The van der Waals surface area contributed by atoms with Gasteiger partial charge in [-0.1, -0.05) is 60.7 Å². The van der Waals surface area contributed by atoms with Crippen molar-refractivity contribution in [3.63, 3.8) is 0 Å². The number of carbonyl (C=O) groups is 1. The normalized spacial score (nSPS) is 29.8. The van der Waals surface area contributed by atoms with Crippen molar-refractivity contribution in [2.75, 3.05) is 13.2 Å². The lowest BCUT2D eigenvalue weighted by Crippen LogP contribution is -2.66. The fourth-order valence-electron chi connectivity index (χ4n) is 3.59. The van der Waals surface area contributed by atoms with Gasteiger partial charge in [0.2, 0.25) is 0 Å². The molecule has 2 fully saturated rings. The number of β-amino-alcohol motifs (C(OH)–C–C–N with tert-alkyl or cyclic N) is 1. The van der Waals surface area contributed by atoms with E-state index in [1.807, 2.05) is 60.7 Å². The molecule has 1 amide bonds. The first-order valence-corrected chi connectivity index (χ1v) is 9.29. The number of amides is 1. The van der Waals surface area contributed by atoms with Crippen molar-refractivity contribution in [2.45, 2.75) is 37.3 Å². The summed E-state index contributed by atoms with van der Waals surface area (Å²) in [6.07, 6.45) is -4.25. The molecule has 7 heteroatoms. The SMILES string of the molecule is O=C(OCc1ccccc1)N1C[C@H](O)[C@@H](O)[C@@H]2O[C@@H](c3ccccc3)OC[C@H]21. The molecule has 2 aromatic rings. The molecule has 2 aliphatic rings. The van der Waals surface area contributed by atoms with E-state index in [0.29, 0.717) is 0 Å². The zero-order chi connectivity index (χ0) is 19.5. The van der Waals surface area contributed by atoms with Crippen molar-refractivity contribution in [3.05, 3.63) is 71.8 Å². The lowest BCUT2D eigenvalue weighted by atomic mass is 9.93. The van der Waals surface area contributed by atoms with Crippen LogP contribution in [0, 0.1) is 0 Å². The molecule has 2 N–H and O–H groups in total. The molecule has 0 aromatic heterocycles. The molecule has 5 atom stereocenters. The highest BCUT2D eigenvalue weighted by Crippen LogP contribution is 2.33. The van der Waals surface area contributed by atoms with Gasteiger partial charge in [0.25, 0.3) is 0 Å². The van der Waals surface area contributed by atoms with E-state index in [1.54, 1.807) is 0 Å². The lowest BCUT2D eigenvalue weighted by Gasteiger charge is -2.48. The Morgan fingerprint density at radius 3 is 2.46 bits per heavy atom. The second-order valence-corrected chi connectivity index (χ2v) is 6.99. The fraction of sp³-hybridized carbons (Fsp3) is 0.381. The third kappa shape index (κ3) is 3.88. The maximum absolute atomic E-state index is 12.6. The van der Waals surface area contributed by atoms with E-state index in [4.69, 9.17) is 14.2 Å². The number of benzene rings is 2. The minimum atomic E-state index is -1.12. The van der Waals surface area contributed by atoms with Gasteiger partial charge in [0.1, 0.15) is 24.9 Å². The Morgan fingerprint density at radius 1 is 1.07 bits per heavy atom. The first-order chi connectivity index (χ1) is 13.6. The molecule has 2 aliphatic heterocycles. The average molecular weight is 385 g/mol. The van der Waals surface area contributed by atoms with Gasteiger partial charge in [0.15, 0.2) is 6.29 Å². The van der Waals surface area contributed by atoms with E-state index in [-0.39, 0.29) is 19.8 Å². The van der Waals surface area contributed by atoms with Crippen LogP contribution in [-0.4, -0.2) is 58.7 Å². The maximum atomic E-state index is 12.6. The minimum absolute atomic E-state index is 0.0430. The van der Waals surface area contributed by atoms with E-state index in [1.165, 1.54) is 4.90 Å². The Morgan fingerprint density at radius 2 is 1.75 bits per heavy atom. The highest BCUT2D eigenvalue weighted by molar-refractivity contribution is 5.68. The van der Waals surface area contributed by atoms with Crippen LogP contribution in [0.3, 0.4) is 0 Å². The molecule has 0 saturated carbocycles. The molecule has 2 saturated heterocycles. The van der Waals surface area contributed by atoms with Gasteiger partial charge < -0.3 is 24.4 Å². The van der Waals surface area contributed by atoms with Crippen LogP contribution in [0.2, 0.25) is 0 Å². The first-order valence-electron chi connectivity index (χ1n) is 9.29. The summed E-state index contributed by atoms with van der Waals surface area (Å²) in [6, 6.07) is 18.2. The van der Waals surface area contributed by atoms with E-state index in [0.717, 1.165) is 11.1 Å². The summed E-state index contributed by atoms with van der Waals surface area (Å²) in [7, 11) is 0. The zero-order valence-electron chi connectivity index (χ0n) is 15.3. The maximum Gasteiger partial charge on any atom is 0.410 e. The Bertz CT molecular complexity index is 786. The van der Waals surface area contributed by atoms with Gasteiger partial charge in [0, 0.05) is 5.56 Å². The van der Waals surface area contributed by atoms with Gasteiger partial charge in [-0.15, -0.1) is 0 Å². The predicted octanol–water partition coefficient (Wildman–Crippen LogP) is 1.84. The van der Waals surface area contributed by atoms with Crippen LogP contribution in [0.4, 0.5) is 4.79 Å². The van der Waals surface area contributed by atoms with Gasteiger partial charge in [-0.3, -0.25) is 4.90 Å². The van der Waals surface area contributed by atoms with Gasteiger partial charge in [0.05, 0.1) is 19.2 Å². The van der Waals surface area contributed by atoms with Crippen molar-refractivity contribution in [3.8, 4) is 0 Å². The molecule has 2 aromatic carbocycles. The Kier molecular flexibility index (Phi) is 5.59. The summed E-state index contributed by atoms with van der Waals surface area (Å²) < 4.78 is 17.1. The summed E-state index contributed by atoms with van der Waals surface area (Å²) in [6.45, 7) is 0.258. The topological polar surface area (TPSA) is 88.5 Å². The third-order valence-corrected chi connectivity index (χ3v) is 5.10. The second-order valence-electron chi connectivity index (χ2n) is 6.99. The largest absolute Gasteiger partial charge is 0.445 e. The van der Waals surface area contributed by atoms with Crippen LogP contribution in [0.1, 0.15) is 17.4 Å². The van der Waals surface area contributed by atoms with E-state index in [2.05, 4.69) is 0 Å². The molecule has 7 nitrogen and oxygen atoms in total. The van der Waals surface area contributed by atoms with Crippen molar-refractivity contribution in [2.24, 2.45) is 0 Å². The van der Waals surface area contributed by atoms with E-state index >= 15 is 0 Å². The lowest BCUT2D eigenvalue weighted by molar-refractivity contribution is -0.283. The number of hydrogen-bond acceptors (Lipinski definition) is 6. The van der Waals surface area contributed by atoms with Gasteiger partial charge in [-0.05, 0) is 5.56 Å². The number of likely N-dealkylation sites (tertiary alicyclic amines) is 1. The Labute approximate surface area is 163 Å². The number of carbonyl (C=O) groups excluding carboxylic acids is 1. The molecular weight excluding hydrogens is 362 g/mol. The molecule has 2 heterocycles. The molecule has 0 unspecified atom stereocenters. The second kappa shape index (κ2) is 8.28. The number of piperidine rings is 1. The summed E-state index contributed by atoms with van der Waals surface area (Å²) in [5.41, 5.74) is 1.68. The molecule has 148 valence electrons. The number of aliphatic hydroxyl groups excluding tert-OH is 2. The van der Waals surface area contributed by atoms with Gasteiger partial charge in [-0.2, -0.15) is 0 Å². The molecule has 0 bridgehead atoms. The molecule has 0 spiro atoms. The van der Waals surface area contributed by atoms with Crippen LogP contribution in [0.25, 0.3) is 0 Å². The number of fused-ring (bicyclic) bond motifs is 1. The molecule has 0 radical (unpaired) electrons. The number of aliphatic hydroxyl groups is 2. The van der Waals surface area contributed by atoms with Crippen LogP contribution in [0.15, 0.2) is 60.7 Å². The van der Waals surface area contributed by atoms with Crippen molar-refractivity contribution in [1.29, 1.82) is 0 Å². The molecule has 4 rings (SSSR count). The number of nitrogens with zero attached hydrogens (tertiary/aromatic N) is 1. The van der Waals surface area contributed by atoms with Crippen LogP contribution in [0.5, 0.6) is 0 Å². The van der Waals surface area contributed by atoms with Gasteiger partial charge in [-0.25, -0.2) is 4.79 Å². The van der Waals surface area contributed by atoms with Crippen LogP contribution >= 0.6 is 0 Å². The average Bonchev–Trinajstić information content (AvgIpc) is 2.75. The van der Waals surface area contributed by atoms with E-state index in [9.17, 15) is 15.0 Å². The van der Waals surface area contributed by atoms with Crippen LogP contribution < -0.4 is 0 Å². The van der Waals surface area contributed by atoms with Crippen molar-refractivity contribution in [1.82, 2.24) is 4.90 Å². The monoisotopic (exact) mass is 385 g/mol. The van der Waals surface area contributed by atoms with Crippen molar-refractivity contribution >= 4 is 6.09 Å². The fourth-order valence-corrected chi connectivity index (χ4v) is 3.59. The third-order valence-electron chi connectivity index (χ3n) is 5.10. The zero-order valence-corrected chi connectivity index (χ0v) is 15.3. The van der Waals surface area contributed by atoms with Crippen molar-refractivity contribution < 1.29 is 29.2 Å². The van der Waals surface area contributed by atoms with Gasteiger partial charge >= 0.3 is 6.09 Å². The smallest absolute Gasteiger partial charge is 0.410 e. The number of ether oxygens (including phenoxy) is 3. The quantitative estimate of drug-likeness (QED) is 0.838. The summed E-state index contributed by atoms with van der Waals surface area (Å²) >= 11 is 0. The Hall–Kier alpha value is -2.45.